The van der Waals surface area contributed by atoms with E-state index in [0.29, 0.717) is 25.0 Å². The molecule has 3 fully saturated rings. The molecule has 23 heavy (non-hydrogen) atoms. The van der Waals surface area contributed by atoms with Gasteiger partial charge in [0.25, 0.3) is 0 Å². The van der Waals surface area contributed by atoms with E-state index < -0.39 is 0 Å². The van der Waals surface area contributed by atoms with E-state index in [0.717, 1.165) is 71.7 Å². The molecule has 3 rings (SSSR count). The summed E-state index contributed by atoms with van der Waals surface area (Å²) in [7, 11) is 0. The number of morpholine rings is 1. The smallest absolute Gasteiger partial charge is 0.222 e. The van der Waals surface area contributed by atoms with Gasteiger partial charge in [0, 0.05) is 51.7 Å². The van der Waals surface area contributed by atoms with Gasteiger partial charge in [-0.3, -0.25) is 9.69 Å². The fourth-order valence-corrected chi connectivity index (χ4v) is 4.00. The Labute approximate surface area is 139 Å². The molecule has 0 radical (unpaired) electrons. The van der Waals surface area contributed by atoms with Crippen LogP contribution >= 0.6 is 0 Å². The zero-order valence-electron chi connectivity index (χ0n) is 14.4. The Morgan fingerprint density at radius 2 is 2.09 bits per heavy atom. The van der Waals surface area contributed by atoms with Gasteiger partial charge in [0.15, 0.2) is 0 Å². The molecule has 0 bridgehead atoms. The van der Waals surface area contributed by atoms with E-state index >= 15 is 0 Å². The van der Waals surface area contributed by atoms with E-state index in [1.165, 1.54) is 0 Å². The molecule has 0 aromatic carbocycles. The molecule has 3 saturated heterocycles. The molecule has 0 saturated carbocycles. The third-order valence-corrected chi connectivity index (χ3v) is 5.31. The molecule has 1 spiro atoms. The van der Waals surface area contributed by atoms with E-state index in [1.54, 1.807) is 0 Å². The van der Waals surface area contributed by atoms with Crippen molar-refractivity contribution in [3.63, 3.8) is 0 Å². The van der Waals surface area contributed by atoms with E-state index in [2.05, 4.69) is 17.1 Å². The predicted molar refractivity (Wildman–Crippen MR) is 88.5 cm³/mol. The first-order valence-corrected chi connectivity index (χ1v) is 9.17. The van der Waals surface area contributed by atoms with Crippen molar-refractivity contribution in [2.45, 2.75) is 44.2 Å². The van der Waals surface area contributed by atoms with Gasteiger partial charge < -0.3 is 19.7 Å². The molecule has 0 aromatic heterocycles. The van der Waals surface area contributed by atoms with Crippen LogP contribution in [0.25, 0.3) is 0 Å². The van der Waals surface area contributed by atoms with Gasteiger partial charge in [0.05, 0.1) is 19.8 Å². The minimum Gasteiger partial charge on any atom is -0.377 e. The molecule has 6 heteroatoms. The second-order valence-electron chi connectivity index (χ2n) is 7.09. The molecule has 1 atom stereocenters. The Balaban J connectivity index is 1.52. The highest BCUT2D eigenvalue weighted by atomic mass is 16.5. The highest BCUT2D eigenvalue weighted by Gasteiger charge is 2.40. The summed E-state index contributed by atoms with van der Waals surface area (Å²) in [5, 5.41) is 3.44. The molecular formula is C17H31N3O3. The van der Waals surface area contributed by atoms with Crippen LogP contribution < -0.4 is 5.32 Å². The van der Waals surface area contributed by atoms with Crippen molar-refractivity contribution in [1.82, 2.24) is 15.1 Å². The molecule has 6 nitrogen and oxygen atoms in total. The van der Waals surface area contributed by atoms with Gasteiger partial charge in [-0.1, -0.05) is 6.92 Å². The molecule has 0 aromatic rings. The molecule has 0 unspecified atom stereocenters. The summed E-state index contributed by atoms with van der Waals surface area (Å²) < 4.78 is 11.8. The topological polar surface area (TPSA) is 54.0 Å². The average Bonchev–Trinajstić information content (AvgIpc) is 2.81. The maximum absolute atomic E-state index is 12.0. The summed E-state index contributed by atoms with van der Waals surface area (Å²) in [6, 6.07) is 0.574. The largest absolute Gasteiger partial charge is 0.377 e. The van der Waals surface area contributed by atoms with Crippen LogP contribution in [0.15, 0.2) is 0 Å². The number of nitrogens with one attached hydrogen (secondary N) is 1. The van der Waals surface area contributed by atoms with Crippen molar-refractivity contribution >= 4 is 5.91 Å². The first kappa shape index (κ1) is 17.1. The van der Waals surface area contributed by atoms with E-state index in [-0.39, 0.29) is 5.60 Å². The SMILES string of the molecule is CCCC(=O)N1CCC(N2CCO[C@@]3(CNCCOC3)C2)CC1. The predicted octanol–water partition coefficient (Wildman–Crippen LogP) is 0.468. The summed E-state index contributed by atoms with van der Waals surface area (Å²) in [5.74, 6) is 0.325. The molecule has 132 valence electrons. The highest BCUT2D eigenvalue weighted by Crippen LogP contribution is 2.25. The number of rotatable bonds is 3. The number of likely N-dealkylation sites (tertiary alicyclic amines) is 1. The van der Waals surface area contributed by atoms with Crippen LogP contribution in [-0.4, -0.2) is 86.4 Å². The van der Waals surface area contributed by atoms with Crippen LogP contribution in [-0.2, 0) is 14.3 Å². The molecule has 1 amide bonds. The van der Waals surface area contributed by atoms with Gasteiger partial charge in [0.2, 0.25) is 5.91 Å². The summed E-state index contributed by atoms with van der Waals surface area (Å²) >= 11 is 0. The summed E-state index contributed by atoms with van der Waals surface area (Å²) in [6.07, 6.45) is 3.80. The van der Waals surface area contributed by atoms with Crippen molar-refractivity contribution in [2.24, 2.45) is 0 Å². The standard InChI is InChI=1S/C17H31N3O3/c1-2-3-16(21)19-7-4-15(5-8-19)20-9-11-23-17(13-20)12-18-6-10-22-14-17/h15,18H,2-14H2,1H3/t17-/m0/s1. The number of hydrogen-bond acceptors (Lipinski definition) is 5. The Morgan fingerprint density at radius 3 is 2.87 bits per heavy atom. The van der Waals surface area contributed by atoms with Crippen molar-refractivity contribution < 1.29 is 14.3 Å². The number of ether oxygens (including phenoxy) is 2. The van der Waals surface area contributed by atoms with Crippen LogP contribution in [0.5, 0.6) is 0 Å². The third kappa shape index (κ3) is 4.24. The van der Waals surface area contributed by atoms with Gasteiger partial charge in [-0.05, 0) is 19.3 Å². The fourth-order valence-electron chi connectivity index (χ4n) is 4.00. The normalized spacial score (nSPS) is 31.3. The van der Waals surface area contributed by atoms with Crippen molar-refractivity contribution in [2.75, 3.05) is 59.1 Å². The number of piperidine rings is 1. The molecule has 0 aliphatic carbocycles. The van der Waals surface area contributed by atoms with Gasteiger partial charge in [0.1, 0.15) is 5.60 Å². The van der Waals surface area contributed by atoms with Crippen LogP contribution in [0.4, 0.5) is 0 Å². The Hall–Kier alpha value is -0.690. The number of carbonyl (C=O) groups is 1. The molecule has 3 aliphatic rings. The number of hydrogen-bond donors (Lipinski definition) is 1. The van der Waals surface area contributed by atoms with Crippen molar-refractivity contribution in [3.05, 3.63) is 0 Å². The second-order valence-corrected chi connectivity index (χ2v) is 7.09. The average molecular weight is 325 g/mol. The van der Waals surface area contributed by atoms with Crippen LogP contribution in [0.2, 0.25) is 0 Å². The maximum Gasteiger partial charge on any atom is 0.222 e. The summed E-state index contributed by atoms with van der Waals surface area (Å²) in [4.78, 5) is 16.6. The lowest BCUT2D eigenvalue weighted by Gasteiger charge is -2.47. The molecule has 1 N–H and O–H groups in total. The summed E-state index contributed by atoms with van der Waals surface area (Å²) in [5.41, 5.74) is -0.191. The van der Waals surface area contributed by atoms with Crippen molar-refractivity contribution in [1.29, 1.82) is 0 Å². The molecular weight excluding hydrogens is 294 g/mol. The van der Waals surface area contributed by atoms with Gasteiger partial charge in [-0.15, -0.1) is 0 Å². The van der Waals surface area contributed by atoms with Gasteiger partial charge >= 0.3 is 0 Å². The highest BCUT2D eigenvalue weighted by molar-refractivity contribution is 5.76. The minimum absolute atomic E-state index is 0.191. The van der Waals surface area contributed by atoms with E-state index in [1.807, 2.05) is 4.90 Å². The third-order valence-electron chi connectivity index (χ3n) is 5.31. The number of nitrogens with zero attached hydrogens (tertiary/aromatic N) is 2. The number of amides is 1. The zero-order chi connectivity index (χ0) is 16.1. The quantitative estimate of drug-likeness (QED) is 0.817. The minimum atomic E-state index is -0.191. The van der Waals surface area contributed by atoms with E-state index in [4.69, 9.17) is 9.47 Å². The molecule has 3 heterocycles. The Bertz CT molecular complexity index is 389. The zero-order valence-corrected chi connectivity index (χ0v) is 14.4. The van der Waals surface area contributed by atoms with Crippen LogP contribution in [0.3, 0.4) is 0 Å². The maximum atomic E-state index is 12.0. The lowest BCUT2D eigenvalue weighted by Crippen LogP contribution is -2.61. The Morgan fingerprint density at radius 1 is 1.26 bits per heavy atom. The van der Waals surface area contributed by atoms with Gasteiger partial charge in [-0.25, -0.2) is 0 Å². The monoisotopic (exact) mass is 325 g/mol. The van der Waals surface area contributed by atoms with Gasteiger partial charge in [-0.2, -0.15) is 0 Å². The fraction of sp³-hybridized carbons (Fsp3) is 0.941. The second kappa shape index (κ2) is 7.92. The Kier molecular flexibility index (Phi) is 5.91. The lowest BCUT2D eigenvalue weighted by atomic mass is 9.97. The van der Waals surface area contributed by atoms with Crippen molar-refractivity contribution in [3.8, 4) is 0 Å². The first-order chi connectivity index (χ1) is 11.2. The van der Waals surface area contributed by atoms with Crippen LogP contribution in [0.1, 0.15) is 32.6 Å². The number of carbonyl (C=O) groups excluding carboxylic acids is 1. The summed E-state index contributed by atoms with van der Waals surface area (Å²) in [6.45, 7) is 9.82. The van der Waals surface area contributed by atoms with Crippen LogP contribution in [0, 0.1) is 0 Å². The first-order valence-electron chi connectivity index (χ1n) is 9.17. The molecule has 3 aliphatic heterocycles. The van der Waals surface area contributed by atoms with E-state index in [9.17, 15) is 4.79 Å². The lowest BCUT2D eigenvalue weighted by molar-refractivity contribution is -0.147.